The number of ether oxygens (including phenoxy) is 2. The maximum absolute atomic E-state index is 12.4. The van der Waals surface area contributed by atoms with Crippen molar-refractivity contribution in [1.29, 1.82) is 0 Å². The average molecular weight is 385 g/mol. The molecule has 0 radical (unpaired) electrons. The van der Waals surface area contributed by atoms with Crippen molar-refractivity contribution < 1.29 is 32.6 Å². The van der Waals surface area contributed by atoms with Gasteiger partial charge in [0.1, 0.15) is 6.04 Å². The minimum absolute atomic E-state index is 0.0777. The van der Waals surface area contributed by atoms with Crippen LogP contribution in [0.5, 0.6) is 0 Å². The minimum atomic E-state index is -3.49. The molecule has 1 saturated heterocycles. The maximum atomic E-state index is 12.4. The molecule has 2 unspecified atom stereocenters. The van der Waals surface area contributed by atoms with Crippen molar-refractivity contribution in [1.82, 2.24) is 5.32 Å². The Kier molecular flexibility index (Phi) is 7.13. The molecule has 1 aliphatic heterocycles. The lowest BCUT2D eigenvalue weighted by Gasteiger charge is -2.28. The van der Waals surface area contributed by atoms with Crippen LogP contribution < -0.4 is 5.32 Å². The zero-order valence-corrected chi connectivity index (χ0v) is 15.3. The van der Waals surface area contributed by atoms with Gasteiger partial charge in [-0.25, -0.2) is 13.2 Å². The lowest BCUT2D eigenvalue weighted by molar-refractivity contribution is -0.142. The maximum Gasteiger partial charge on any atom is 0.326 e. The third-order valence-electron chi connectivity index (χ3n) is 4.25. The molecule has 1 aromatic rings. The Morgan fingerprint density at radius 2 is 2.04 bits per heavy atom. The molecule has 8 nitrogen and oxygen atoms in total. The molecule has 26 heavy (non-hydrogen) atoms. The van der Waals surface area contributed by atoms with Gasteiger partial charge in [-0.3, -0.25) is 4.79 Å². The van der Waals surface area contributed by atoms with E-state index in [0.717, 1.165) is 6.42 Å². The van der Waals surface area contributed by atoms with Crippen molar-refractivity contribution in [2.75, 3.05) is 32.7 Å². The molecule has 2 rings (SSSR count). The van der Waals surface area contributed by atoms with E-state index in [9.17, 15) is 23.1 Å². The monoisotopic (exact) mass is 385 g/mol. The summed E-state index contributed by atoms with van der Waals surface area (Å²) in [6.07, 6.45) is 1.41. The van der Waals surface area contributed by atoms with Gasteiger partial charge in [-0.1, -0.05) is 0 Å². The van der Waals surface area contributed by atoms with Crippen LogP contribution in [0.4, 0.5) is 0 Å². The second-order valence-corrected chi connectivity index (χ2v) is 8.21. The van der Waals surface area contributed by atoms with E-state index < -0.39 is 27.8 Å². The summed E-state index contributed by atoms with van der Waals surface area (Å²) in [6.45, 7) is 0.956. The molecular formula is C17H23NO7S. The molecule has 0 aliphatic carbocycles. The summed E-state index contributed by atoms with van der Waals surface area (Å²) >= 11 is 0. The van der Waals surface area contributed by atoms with Crippen LogP contribution in [-0.2, 0) is 24.1 Å². The Hall–Kier alpha value is -1.97. The lowest BCUT2D eigenvalue weighted by Crippen LogP contribution is -2.48. The predicted molar refractivity (Wildman–Crippen MR) is 92.8 cm³/mol. The third kappa shape index (κ3) is 5.26. The van der Waals surface area contributed by atoms with Gasteiger partial charge in [-0.05, 0) is 37.1 Å². The second kappa shape index (κ2) is 9.11. The number of sulfone groups is 1. The van der Waals surface area contributed by atoms with E-state index in [2.05, 4.69) is 5.32 Å². The SMILES string of the molecule is COCCS(=O)(=O)c1ccc(C(=O)NC(C(=O)O)C2CCCOC2)cc1. The first kappa shape index (κ1) is 20.3. The molecule has 0 bridgehead atoms. The van der Waals surface area contributed by atoms with Crippen molar-refractivity contribution in [2.24, 2.45) is 5.92 Å². The smallest absolute Gasteiger partial charge is 0.326 e. The Labute approximate surface area is 152 Å². The average Bonchev–Trinajstić information content (AvgIpc) is 2.65. The molecule has 0 saturated carbocycles. The standard InChI is InChI=1S/C17H23NO7S/c1-24-9-10-26(22,23)14-6-4-12(5-7-14)16(19)18-15(17(20)21)13-3-2-8-25-11-13/h4-7,13,15H,2-3,8-11H2,1H3,(H,18,19)(H,20,21). The highest BCUT2D eigenvalue weighted by Gasteiger charge is 2.31. The van der Waals surface area contributed by atoms with E-state index >= 15 is 0 Å². The molecule has 0 spiro atoms. The number of amides is 1. The first-order valence-electron chi connectivity index (χ1n) is 8.28. The Morgan fingerprint density at radius 3 is 2.58 bits per heavy atom. The number of aliphatic carboxylic acids is 1. The van der Waals surface area contributed by atoms with Gasteiger partial charge in [0.2, 0.25) is 0 Å². The summed E-state index contributed by atoms with van der Waals surface area (Å²) in [5, 5.41) is 11.9. The number of carbonyl (C=O) groups excluding carboxylic acids is 1. The highest BCUT2D eigenvalue weighted by molar-refractivity contribution is 7.91. The van der Waals surface area contributed by atoms with E-state index in [1.165, 1.54) is 31.4 Å². The molecule has 1 aliphatic rings. The van der Waals surface area contributed by atoms with Crippen molar-refractivity contribution in [3.8, 4) is 0 Å². The summed E-state index contributed by atoms with van der Waals surface area (Å²) in [5.41, 5.74) is 0.193. The molecule has 2 N–H and O–H groups in total. The summed E-state index contributed by atoms with van der Waals surface area (Å²) in [5.74, 6) is -2.13. The number of hydrogen-bond acceptors (Lipinski definition) is 6. The highest BCUT2D eigenvalue weighted by Crippen LogP contribution is 2.19. The number of methoxy groups -OCH3 is 1. The fourth-order valence-electron chi connectivity index (χ4n) is 2.76. The van der Waals surface area contributed by atoms with E-state index in [0.29, 0.717) is 13.0 Å². The fourth-order valence-corrected chi connectivity index (χ4v) is 3.93. The molecule has 2 atom stereocenters. The summed E-state index contributed by atoms with van der Waals surface area (Å²) in [7, 11) is -2.07. The van der Waals surface area contributed by atoms with Gasteiger partial charge >= 0.3 is 5.97 Å². The summed E-state index contributed by atoms with van der Waals surface area (Å²) in [4.78, 5) is 23.9. The van der Waals surface area contributed by atoms with Crippen molar-refractivity contribution in [2.45, 2.75) is 23.8 Å². The molecule has 0 aromatic heterocycles. The number of nitrogens with one attached hydrogen (secondary N) is 1. The van der Waals surface area contributed by atoms with Gasteiger partial charge in [-0.2, -0.15) is 0 Å². The topological polar surface area (TPSA) is 119 Å². The van der Waals surface area contributed by atoms with Crippen LogP contribution >= 0.6 is 0 Å². The number of carboxylic acids is 1. The summed E-state index contributed by atoms with van der Waals surface area (Å²) in [6, 6.07) is 4.35. The van der Waals surface area contributed by atoms with Crippen LogP contribution in [-0.4, -0.2) is 64.1 Å². The number of carbonyl (C=O) groups is 2. The first-order valence-corrected chi connectivity index (χ1v) is 9.93. The minimum Gasteiger partial charge on any atom is -0.480 e. The van der Waals surface area contributed by atoms with Crippen LogP contribution in [0.1, 0.15) is 23.2 Å². The van der Waals surface area contributed by atoms with Crippen LogP contribution in [0.3, 0.4) is 0 Å². The zero-order chi connectivity index (χ0) is 19.2. The Balaban J connectivity index is 2.07. The molecule has 1 heterocycles. The molecule has 9 heteroatoms. The number of rotatable bonds is 8. The fraction of sp³-hybridized carbons (Fsp3) is 0.529. The van der Waals surface area contributed by atoms with Crippen molar-refractivity contribution >= 4 is 21.7 Å². The molecule has 144 valence electrons. The quantitative estimate of drug-likeness (QED) is 0.676. The molecule has 1 aromatic carbocycles. The normalized spacial score (nSPS) is 18.9. The van der Waals surface area contributed by atoms with E-state index in [1.807, 2.05) is 0 Å². The highest BCUT2D eigenvalue weighted by atomic mass is 32.2. The predicted octanol–water partition coefficient (Wildman–Crippen LogP) is 0.716. The Morgan fingerprint density at radius 1 is 1.35 bits per heavy atom. The molecular weight excluding hydrogens is 362 g/mol. The van der Waals surface area contributed by atoms with Gasteiger partial charge in [0.05, 0.1) is 23.9 Å². The van der Waals surface area contributed by atoms with Crippen molar-refractivity contribution in [3.05, 3.63) is 29.8 Å². The van der Waals surface area contributed by atoms with Gasteiger partial charge in [0, 0.05) is 25.2 Å². The van der Waals surface area contributed by atoms with Gasteiger partial charge in [-0.15, -0.1) is 0 Å². The third-order valence-corrected chi connectivity index (χ3v) is 5.95. The Bertz CT molecular complexity index is 724. The van der Waals surface area contributed by atoms with E-state index in [1.54, 1.807) is 0 Å². The van der Waals surface area contributed by atoms with Crippen LogP contribution in [0.2, 0.25) is 0 Å². The van der Waals surface area contributed by atoms with Gasteiger partial charge in [0.25, 0.3) is 5.91 Å². The van der Waals surface area contributed by atoms with Crippen molar-refractivity contribution in [3.63, 3.8) is 0 Å². The summed E-state index contributed by atoms with van der Waals surface area (Å²) < 4.78 is 34.2. The largest absolute Gasteiger partial charge is 0.480 e. The number of benzene rings is 1. The van der Waals surface area contributed by atoms with Crippen LogP contribution in [0, 0.1) is 5.92 Å². The molecule has 1 amide bonds. The molecule has 1 fully saturated rings. The zero-order valence-electron chi connectivity index (χ0n) is 14.5. The van der Waals surface area contributed by atoms with Crippen LogP contribution in [0.25, 0.3) is 0 Å². The first-order chi connectivity index (χ1) is 12.3. The lowest BCUT2D eigenvalue weighted by atomic mass is 9.93. The van der Waals surface area contributed by atoms with Crippen LogP contribution in [0.15, 0.2) is 29.2 Å². The van der Waals surface area contributed by atoms with E-state index in [4.69, 9.17) is 9.47 Å². The number of hydrogen-bond donors (Lipinski definition) is 2. The number of carboxylic acid groups (broad SMARTS) is 1. The second-order valence-electron chi connectivity index (χ2n) is 6.10. The van der Waals surface area contributed by atoms with Gasteiger partial charge in [0.15, 0.2) is 9.84 Å². The van der Waals surface area contributed by atoms with E-state index in [-0.39, 0.29) is 35.3 Å². The van der Waals surface area contributed by atoms with Gasteiger partial charge < -0.3 is 19.9 Å².